The van der Waals surface area contributed by atoms with Gasteiger partial charge in [0.15, 0.2) is 0 Å². The number of aromatic nitrogens is 5. The van der Waals surface area contributed by atoms with Gasteiger partial charge in [-0.2, -0.15) is 5.10 Å². The van der Waals surface area contributed by atoms with Gasteiger partial charge in [-0.25, -0.2) is 9.50 Å². The maximum Gasteiger partial charge on any atom is 0.261 e. The van der Waals surface area contributed by atoms with Gasteiger partial charge in [0.05, 0.1) is 41.5 Å². The molecule has 3 aromatic heterocycles. The molecule has 0 N–H and O–H groups in total. The minimum absolute atomic E-state index is 0.0351. The topological polar surface area (TPSA) is 77.4 Å². The Bertz CT molecular complexity index is 1860. The van der Waals surface area contributed by atoms with E-state index in [1.165, 1.54) is 12.8 Å². The number of benzene rings is 2. The van der Waals surface area contributed by atoms with E-state index in [1.54, 1.807) is 6.33 Å². The molecule has 198 valence electrons. The van der Waals surface area contributed by atoms with Crippen LogP contribution in [0.15, 0.2) is 58.2 Å². The molecule has 1 aliphatic carbocycles. The van der Waals surface area contributed by atoms with Gasteiger partial charge in [0.2, 0.25) is 0 Å². The molecule has 9 heteroatoms. The number of aryl methyl sites for hydroxylation is 2. The molecular formula is C30H29BrN6O2. The highest BCUT2D eigenvalue weighted by atomic mass is 79.9. The summed E-state index contributed by atoms with van der Waals surface area (Å²) >= 11 is 3.53. The number of carbonyl (C=O) groups excluding carboxylic acids is 1. The molecule has 2 aromatic carbocycles. The fourth-order valence-corrected chi connectivity index (χ4v) is 6.13. The van der Waals surface area contributed by atoms with Crippen molar-refractivity contribution >= 4 is 38.5 Å². The van der Waals surface area contributed by atoms with Crippen LogP contribution in [0, 0.1) is 12.8 Å². The smallest absolute Gasteiger partial charge is 0.261 e. The number of nitrogens with zero attached hydrogens (tertiary/aromatic N) is 6. The van der Waals surface area contributed by atoms with Gasteiger partial charge in [-0.1, -0.05) is 15.9 Å². The van der Waals surface area contributed by atoms with E-state index in [4.69, 9.17) is 5.10 Å². The van der Waals surface area contributed by atoms with E-state index in [9.17, 15) is 9.59 Å². The fourth-order valence-electron chi connectivity index (χ4n) is 5.88. The SMILES string of the molecule is Cc1cc(C(=O)N2Cc3c(c(=O)n(-c4ccc5c(c4)ncn5C)c4c(CC5CC5)cnn34)C[C@@H]2C)ccc1Br. The van der Waals surface area contributed by atoms with Crippen molar-refractivity contribution in [2.75, 3.05) is 0 Å². The van der Waals surface area contributed by atoms with Crippen molar-refractivity contribution in [3.8, 4) is 5.69 Å². The Balaban J connectivity index is 1.39. The summed E-state index contributed by atoms with van der Waals surface area (Å²) in [6, 6.07) is 11.5. The van der Waals surface area contributed by atoms with Crippen molar-refractivity contribution in [1.29, 1.82) is 0 Å². The third kappa shape index (κ3) is 3.93. The molecule has 0 radical (unpaired) electrons. The molecule has 0 spiro atoms. The molecule has 0 unspecified atom stereocenters. The molecule has 5 aromatic rings. The first kappa shape index (κ1) is 24.3. The number of amides is 1. The third-order valence-corrected chi connectivity index (χ3v) is 9.17. The third-order valence-electron chi connectivity index (χ3n) is 8.28. The van der Waals surface area contributed by atoms with Crippen LogP contribution in [0.4, 0.5) is 0 Å². The lowest BCUT2D eigenvalue weighted by Gasteiger charge is -2.35. The monoisotopic (exact) mass is 584 g/mol. The summed E-state index contributed by atoms with van der Waals surface area (Å²) in [5.41, 5.74) is 7.64. The highest BCUT2D eigenvalue weighted by molar-refractivity contribution is 9.10. The number of carbonyl (C=O) groups is 1. The second-order valence-corrected chi connectivity index (χ2v) is 12.0. The summed E-state index contributed by atoms with van der Waals surface area (Å²) in [6.45, 7) is 4.33. The predicted octanol–water partition coefficient (Wildman–Crippen LogP) is 4.98. The number of fused-ring (bicyclic) bond motifs is 4. The van der Waals surface area contributed by atoms with E-state index in [0.717, 1.165) is 50.1 Å². The molecule has 2 aliphatic rings. The number of imidazole rings is 1. The standard InChI is InChI=1S/C30H29BrN6O2/c1-17-10-20(6-8-24(17)31)29(38)35-15-27-23(11-18(35)2)30(39)36(22-7-9-26-25(13-22)32-16-34(26)3)28-21(12-19-4-5-19)14-33-37(27)28/h6-10,13-14,16,18-19H,4-5,11-12,15H2,1-3H3/t18-/m0/s1. The first-order valence-corrected chi connectivity index (χ1v) is 14.2. The molecule has 4 heterocycles. The van der Waals surface area contributed by atoms with E-state index in [-0.39, 0.29) is 17.5 Å². The lowest BCUT2D eigenvalue weighted by Crippen LogP contribution is -2.46. The molecule has 1 fully saturated rings. The quantitative estimate of drug-likeness (QED) is 0.298. The van der Waals surface area contributed by atoms with Crippen LogP contribution in [-0.2, 0) is 26.4 Å². The molecule has 1 atom stereocenters. The maximum absolute atomic E-state index is 14.3. The summed E-state index contributed by atoms with van der Waals surface area (Å²) in [5.74, 6) is 0.599. The zero-order chi connectivity index (χ0) is 27.0. The van der Waals surface area contributed by atoms with Gasteiger partial charge in [-0.3, -0.25) is 14.2 Å². The molecule has 1 saturated carbocycles. The van der Waals surface area contributed by atoms with Crippen molar-refractivity contribution < 1.29 is 4.79 Å². The second-order valence-electron chi connectivity index (χ2n) is 11.1. The Labute approximate surface area is 234 Å². The van der Waals surface area contributed by atoms with Gasteiger partial charge in [-0.05, 0) is 87.4 Å². The van der Waals surface area contributed by atoms with Crippen molar-refractivity contribution in [2.45, 2.75) is 52.1 Å². The van der Waals surface area contributed by atoms with E-state index >= 15 is 0 Å². The molecule has 1 amide bonds. The normalized spacial score (nSPS) is 17.2. The van der Waals surface area contributed by atoms with Gasteiger partial charge in [0.25, 0.3) is 11.5 Å². The Kier molecular flexibility index (Phi) is 5.56. The van der Waals surface area contributed by atoms with Crippen molar-refractivity contribution in [3.63, 3.8) is 0 Å². The highest BCUT2D eigenvalue weighted by Gasteiger charge is 2.34. The Morgan fingerprint density at radius 1 is 1.15 bits per heavy atom. The second kappa shape index (κ2) is 8.91. The number of halogens is 1. The highest BCUT2D eigenvalue weighted by Crippen LogP contribution is 2.35. The van der Waals surface area contributed by atoms with Gasteiger partial charge in [0, 0.05) is 34.3 Å². The minimum Gasteiger partial charge on any atom is -0.334 e. The lowest BCUT2D eigenvalue weighted by atomic mass is 9.98. The van der Waals surface area contributed by atoms with E-state index in [0.29, 0.717) is 30.0 Å². The van der Waals surface area contributed by atoms with Gasteiger partial charge >= 0.3 is 0 Å². The Morgan fingerprint density at radius 3 is 2.74 bits per heavy atom. The van der Waals surface area contributed by atoms with Crippen LogP contribution in [-0.4, -0.2) is 40.6 Å². The fraction of sp³-hybridized carbons (Fsp3) is 0.333. The van der Waals surface area contributed by atoms with Crippen molar-refractivity contribution in [3.05, 3.63) is 91.7 Å². The van der Waals surface area contributed by atoms with Crippen LogP contribution in [0.25, 0.3) is 22.4 Å². The molecule has 7 rings (SSSR count). The maximum atomic E-state index is 14.3. The van der Waals surface area contributed by atoms with Crippen LogP contribution in [0.1, 0.15) is 52.5 Å². The summed E-state index contributed by atoms with van der Waals surface area (Å²) in [4.78, 5) is 34.4. The lowest BCUT2D eigenvalue weighted by molar-refractivity contribution is 0.0651. The zero-order valence-electron chi connectivity index (χ0n) is 22.2. The summed E-state index contributed by atoms with van der Waals surface area (Å²) in [5, 5.41) is 4.82. The Morgan fingerprint density at radius 2 is 1.97 bits per heavy atom. The first-order valence-electron chi connectivity index (χ1n) is 13.4. The molecule has 8 nitrogen and oxygen atoms in total. The molecule has 1 aliphatic heterocycles. The van der Waals surface area contributed by atoms with Crippen LogP contribution < -0.4 is 5.56 Å². The molecule has 39 heavy (non-hydrogen) atoms. The van der Waals surface area contributed by atoms with Crippen LogP contribution in [0.2, 0.25) is 0 Å². The number of hydrogen-bond acceptors (Lipinski definition) is 4. The Hall–Kier alpha value is -3.72. The first-order chi connectivity index (χ1) is 18.8. The summed E-state index contributed by atoms with van der Waals surface area (Å²) in [6.07, 6.45) is 7.47. The summed E-state index contributed by atoms with van der Waals surface area (Å²) in [7, 11) is 1.97. The van der Waals surface area contributed by atoms with Crippen molar-refractivity contribution in [1.82, 2.24) is 28.6 Å². The van der Waals surface area contributed by atoms with Crippen LogP contribution >= 0.6 is 15.9 Å². The molecule has 0 saturated heterocycles. The van der Waals surface area contributed by atoms with Crippen LogP contribution in [0.5, 0.6) is 0 Å². The van der Waals surface area contributed by atoms with Gasteiger partial charge < -0.3 is 9.47 Å². The number of rotatable bonds is 4. The van der Waals surface area contributed by atoms with Crippen LogP contribution in [0.3, 0.4) is 0 Å². The van der Waals surface area contributed by atoms with E-state index < -0.39 is 0 Å². The average molecular weight is 586 g/mol. The van der Waals surface area contributed by atoms with E-state index in [1.807, 2.05) is 82.0 Å². The van der Waals surface area contributed by atoms with Gasteiger partial charge in [-0.15, -0.1) is 0 Å². The van der Waals surface area contributed by atoms with Crippen molar-refractivity contribution in [2.24, 2.45) is 13.0 Å². The summed E-state index contributed by atoms with van der Waals surface area (Å²) < 4.78 is 6.68. The van der Waals surface area contributed by atoms with E-state index in [2.05, 4.69) is 20.9 Å². The minimum atomic E-state index is -0.132. The number of hydrogen-bond donors (Lipinski definition) is 0. The molecular weight excluding hydrogens is 556 g/mol. The average Bonchev–Trinajstić information content (AvgIpc) is 3.54. The zero-order valence-corrected chi connectivity index (χ0v) is 23.8. The predicted molar refractivity (Wildman–Crippen MR) is 153 cm³/mol. The van der Waals surface area contributed by atoms with Gasteiger partial charge in [0.1, 0.15) is 5.65 Å². The largest absolute Gasteiger partial charge is 0.334 e. The molecule has 0 bridgehead atoms.